The molecule has 66 valence electrons. The SMILES string of the molecule is Brc1ccnc(Nc2ncco2)c1. The second kappa shape index (κ2) is 3.57. The lowest BCUT2D eigenvalue weighted by Gasteiger charge is -1.99. The highest BCUT2D eigenvalue weighted by molar-refractivity contribution is 9.10. The molecular weight excluding hydrogens is 234 g/mol. The summed E-state index contributed by atoms with van der Waals surface area (Å²) in [5.41, 5.74) is 0. The lowest BCUT2D eigenvalue weighted by molar-refractivity contribution is 0.577. The Labute approximate surface area is 83.1 Å². The van der Waals surface area contributed by atoms with Gasteiger partial charge in [-0.25, -0.2) is 9.97 Å². The molecule has 2 rings (SSSR count). The molecule has 2 aromatic heterocycles. The van der Waals surface area contributed by atoms with Crippen molar-refractivity contribution < 1.29 is 4.42 Å². The molecule has 1 N–H and O–H groups in total. The smallest absolute Gasteiger partial charge is 0.300 e. The zero-order valence-electron chi connectivity index (χ0n) is 6.57. The highest BCUT2D eigenvalue weighted by Crippen LogP contribution is 2.16. The largest absolute Gasteiger partial charge is 0.432 e. The van der Waals surface area contributed by atoms with E-state index in [-0.39, 0.29) is 0 Å². The molecule has 0 radical (unpaired) electrons. The quantitative estimate of drug-likeness (QED) is 0.876. The molecule has 4 nitrogen and oxygen atoms in total. The average molecular weight is 240 g/mol. The summed E-state index contributed by atoms with van der Waals surface area (Å²) in [5, 5.41) is 2.91. The second-order valence-corrected chi connectivity index (χ2v) is 3.24. The van der Waals surface area contributed by atoms with Crippen LogP contribution in [0.15, 0.2) is 39.7 Å². The summed E-state index contributed by atoms with van der Waals surface area (Å²) >= 11 is 3.34. The van der Waals surface area contributed by atoms with E-state index in [0.29, 0.717) is 11.8 Å². The van der Waals surface area contributed by atoms with E-state index in [1.165, 1.54) is 6.26 Å². The van der Waals surface area contributed by atoms with Gasteiger partial charge in [-0.3, -0.25) is 5.32 Å². The van der Waals surface area contributed by atoms with Gasteiger partial charge in [0.1, 0.15) is 12.1 Å². The molecule has 0 aliphatic heterocycles. The number of oxazole rings is 1. The van der Waals surface area contributed by atoms with Gasteiger partial charge in [-0.1, -0.05) is 15.9 Å². The number of anilines is 2. The summed E-state index contributed by atoms with van der Waals surface area (Å²) < 4.78 is 5.95. The molecule has 0 fully saturated rings. The predicted octanol–water partition coefficient (Wildman–Crippen LogP) is 2.58. The first-order valence-corrected chi connectivity index (χ1v) is 4.42. The number of halogens is 1. The predicted molar refractivity (Wildman–Crippen MR) is 51.7 cm³/mol. The molecule has 0 atom stereocenters. The molecule has 0 unspecified atom stereocenters. The minimum atomic E-state index is 0.436. The van der Waals surface area contributed by atoms with Gasteiger partial charge >= 0.3 is 0 Å². The Hall–Kier alpha value is -1.36. The van der Waals surface area contributed by atoms with Gasteiger partial charge in [-0.15, -0.1) is 0 Å². The Kier molecular flexibility index (Phi) is 2.27. The second-order valence-electron chi connectivity index (χ2n) is 2.32. The minimum absolute atomic E-state index is 0.436. The molecule has 5 heteroatoms. The number of nitrogens with one attached hydrogen (secondary N) is 1. The molecule has 13 heavy (non-hydrogen) atoms. The van der Waals surface area contributed by atoms with Crippen LogP contribution in [0.25, 0.3) is 0 Å². The molecular formula is C8H6BrN3O. The first-order valence-electron chi connectivity index (χ1n) is 3.63. The highest BCUT2D eigenvalue weighted by Gasteiger charge is 1.98. The molecule has 2 heterocycles. The summed E-state index contributed by atoms with van der Waals surface area (Å²) in [6.45, 7) is 0. The van der Waals surface area contributed by atoms with Gasteiger partial charge in [-0.05, 0) is 12.1 Å². The van der Waals surface area contributed by atoms with Crippen molar-refractivity contribution in [2.75, 3.05) is 5.32 Å². The van der Waals surface area contributed by atoms with E-state index >= 15 is 0 Å². The van der Waals surface area contributed by atoms with Crippen molar-refractivity contribution in [2.24, 2.45) is 0 Å². The lowest BCUT2D eigenvalue weighted by Crippen LogP contribution is -1.92. The van der Waals surface area contributed by atoms with E-state index in [1.807, 2.05) is 12.1 Å². The molecule has 0 spiro atoms. The third-order valence-corrected chi connectivity index (χ3v) is 1.88. The molecule has 0 aromatic carbocycles. The number of nitrogens with zero attached hydrogens (tertiary/aromatic N) is 2. The highest BCUT2D eigenvalue weighted by atomic mass is 79.9. The van der Waals surface area contributed by atoms with Crippen LogP contribution in [0.5, 0.6) is 0 Å². The van der Waals surface area contributed by atoms with Gasteiger partial charge in [-0.2, -0.15) is 0 Å². The standard InChI is InChI=1S/C8H6BrN3O/c9-6-1-2-10-7(5-6)12-8-11-3-4-13-8/h1-5H,(H,10,11,12). The fraction of sp³-hybridized carbons (Fsp3) is 0. The van der Waals surface area contributed by atoms with Crippen LogP contribution in [0.1, 0.15) is 0 Å². The summed E-state index contributed by atoms with van der Waals surface area (Å²) in [6, 6.07) is 4.12. The maximum Gasteiger partial charge on any atom is 0.300 e. The third kappa shape index (κ3) is 2.06. The van der Waals surface area contributed by atoms with Crippen molar-refractivity contribution in [3.8, 4) is 0 Å². The van der Waals surface area contributed by atoms with Gasteiger partial charge in [0, 0.05) is 10.7 Å². The van der Waals surface area contributed by atoms with Crippen LogP contribution in [0.3, 0.4) is 0 Å². The number of pyridine rings is 1. The number of hydrogen-bond donors (Lipinski definition) is 1. The minimum Gasteiger partial charge on any atom is -0.432 e. The van der Waals surface area contributed by atoms with Crippen LogP contribution in [-0.4, -0.2) is 9.97 Å². The van der Waals surface area contributed by atoms with Crippen LogP contribution >= 0.6 is 15.9 Å². The van der Waals surface area contributed by atoms with Crippen molar-refractivity contribution in [1.29, 1.82) is 0 Å². The molecule has 0 aliphatic rings. The van der Waals surface area contributed by atoms with Crippen molar-refractivity contribution >= 4 is 27.8 Å². The van der Waals surface area contributed by atoms with Crippen LogP contribution in [0.2, 0.25) is 0 Å². The summed E-state index contributed by atoms with van der Waals surface area (Å²) in [7, 11) is 0. The van der Waals surface area contributed by atoms with E-state index in [0.717, 1.165) is 4.47 Å². The number of rotatable bonds is 2. The Morgan fingerprint density at radius 3 is 2.92 bits per heavy atom. The van der Waals surface area contributed by atoms with Gasteiger partial charge in [0.15, 0.2) is 0 Å². The number of aromatic nitrogens is 2. The van der Waals surface area contributed by atoms with E-state index < -0.39 is 0 Å². The first-order chi connectivity index (χ1) is 6.34. The maximum absolute atomic E-state index is 5.00. The van der Waals surface area contributed by atoms with Gasteiger partial charge < -0.3 is 4.42 Å². The monoisotopic (exact) mass is 239 g/mol. The summed E-state index contributed by atoms with van der Waals surface area (Å²) in [5.74, 6) is 0.692. The Morgan fingerprint density at radius 2 is 2.23 bits per heavy atom. The van der Waals surface area contributed by atoms with Gasteiger partial charge in [0.2, 0.25) is 0 Å². The zero-order valence-corrected chi connectivity index (χ0v) is 8.15. The van der Waals surface area contributed by atoms with Crippen LogP contribution in [0, 0.1) is 0 Å². The fourth-order valence-corrected chi connectivity index (χ4v) is 1.20. The summed E-state index contributed by atoms with van der Waals surface area (Å²) in [6.07, 6.45) is 4.76. The normalized spacial score (nSPS) is 9.92. The zero-order chi connectivity index (χ0) is 9.10. The van der Waals surface area contributed by atoms with E-state index in [2.05, 4.69) is 31.2 Å². The molecule has 0 bridgehead atoms. The van der Waals surface area contributed by atoms with Crippen LogP contribution < -0.4 is 5.32 Å². The maximum atomic E-state index is 5.00. The van der Waals surface area contributed by atoms with Crippen LogP contribution in [0.4, 0.5) is 11.8 Å². The topological polar surface area (TPSA) is 51.0 Å². The Bertz CT molecular complexity index is 388. The molecule has 0 saturated carbocycles. The summed E-state index contributed by atoms with van der Waals surface area (Å²) in [4.78, 5) is 7.98. The Morgan fingerprint density at radius 1 is 1.31 bits per heavy atom. The third-order valence-electron chi connectivity index (χ3n) is 1.39. The number of hydrogen-bond acceptors (Lipinski definition) is 4. The average Bonchev–Trinajstić information content (AvgIpc) is 2.57. The van der Waals surface area contributed by atoms with Crippen molar-refractivity contribution in [3.63, 3.8) is 0 Å². The van der Waals surface area contributed by atoms with E-state index in [4.69, 9.17) is 4.42 Å². The van der Waals surface area contributed by atoms with Gasteiger partial charge in [0.05, 0.1) is 6.20 Å². The lowest BCUT2D eigenvalue weighted by atomic mass is 10.5. The molecule has 2 aromatic rings. The van der Waals surface area contributed by atoms with Gasteiger partial charge in [0.25, 0.3) is 6.01 Å². The van der Waals surface area contributed by atoms with E-state index in [9.17, 15) is 0 Å². The van der Waals surface area contributed by atoms with Crippen molar-refractivity contribution in [2.45, 2.75) is 0 Å². The van der Waals surface area contributed by atoms with E-state index in [1.54, 1.807) is 12.4 Å². The fourth-order valence-electron chi connectivity index (χ4n) is 0.868. The first kappa shape index (κ1) is 8.25. The molecule has 0 saturated heterocycles. The Balaban J connectivity index is 2.19. The van der Waals surface area contributed by atoms with Crippen molar-refractivity contribution in [1.82, 2.24) is 9.97 Å². The molecule has 0 aliphatic carbocycles. The van der Waals surface area contributed by atoms with Crippen molar-refractivity contribution in [3.05, 3.63) is 35.3 Å². The van der Waals surface area contributed by atoms with Crippen LogP contribution in [-0.2, 0) is 0 Å². The molecule has 0 amide bonds.